The first-order valence-corrected chi connectivity index (χ1v) is 8.44. The van der Waals surface area contributed by atoms with Crippen LogP contribution in [0.3, 0.4) is 0 Å². The Morgan fingerprint density at radius 1 is 1.20 bits per heavy atom. The van der Waals surface area contributed by atoms with Crippen molar-refractivity contribution >= 4 is 6.03 Å². The molecular formula is C20H21N3O2. The van der Waals surface area contributed by atoms with E-state index in [4.69, 9.17) is 10.00 Å². The lowest BCUT2D eigenvalue weighted by molar-refractivity contribution is 0.00225. The Bertz CT molecular complexity index is 755. The van der Waals surface area contributed by atoms with Crippen molar-refractivity contribution in [3.63, 3.8) is 0 Å². The number of benzene rings is 2. The number of hydrogen-bond donors (Lipinski definition) is 2. The summed E-state index contributed by atoms with van der Waals surface area (Å²) in [6, 6.07) is 19.3. The van der Waals surface area contributed by atoms with E-state index in [9.17, 15) is 4.79 Å². The number of nitrogens with one attached hydrogen (secondary N) is 2. The van der Waals surface area contributed by atoms with E-state index in [0.29, 0.717) is 18.7 Å². The van der Waals surface area contributed by atoms with E-state index in [1.54, 1.807) is 12.1 Å². The fourth-order valence-electron chi connectivity index (χ4n) is 3.00. The van der Waals surface area contributed by atoms with Gasteiger partial charge in [-0.05, 0) is 36.1 Å². The second kappa shape index (κ2) is 8.32. The highest BCUT2D eigenvalue weighted by atomic mass is 16.5. The molecule has 0 saturated carbocycles. The average Bonchev–Trinajstić information content (AvgIpc) is 2.67. The summed E-state index contributed by atoms with van der Waals surface area (Å²) in [5.41, 5.74) is 2.64. The Kier molecular flexibility index (Phi) is 5.65. The van der Waals surface area contributed by atoms with Crippen molar-refractivity contribution in [2.24, 2.45) is 0 Å². The first-order valence-electron chi connectivity index (χ1n) is 8.44. The van der Waals surface area contributed by atoms with Gasteiger partial charge in [0, 0.05) is 19.2 Å². The van der Waals surface area contributed by atoms with E-state index >= 15 is 0 Å². The van der Waals surface area contributed by atoms with Gasteiger partial charge in [0.15, 0.2) is 0 Å². The molecule has 2 N–H and O–H groups in total. The smallest absolute Gasteiger partial charge is 0.315 e. The van der Waals surface area contributed by atoms with E-state index < -0.39 is 0 Å². The van der Waals surface area contributed by atoms with E-state index in [-0.39, 0.29) is 18.2 Å². The molecule has 5 heteroatoms. The fraction of sp³-hybridized carbons (Fsp3) is 0.300. The summed E-state index contributed by atoms with van der Waals surface area (Å²) in [4.78, 5) is 12.2. The van der Waals surface area contributed by atoms with Gasteiger partial charge in [-0.1, -0.05) is 42.5 Å². The minimum absolute atomic E-state index is 0.0209. The van der Waals surface area contributed by atoms with Crippen LogP contribution < -0.4 is 10.6 Å². The first-order chi connectivity index (χ1) is 12.2. The minimum atomic E-state index is -0.193. The molecule has 2 amide bonds. The van der Waals surface area contributed by atoms with Gasteiger partial charge >= 0.3 is 6.03 Å². The largest absolute Gasteiger partial charge is 0.373 e. The summed E-state index contributed by atoms with van der Waals surface area (Å²) in [7, 11) is 0. The molecule has 0 spiro atoms. The molecule has 2 aromatic carbocycles. The number of nitriles is 1. The second-order valence-electron chi connectivity index (χ2n) is 6.13. The molecular weight excluding hydrogens is 314 g/mol. The molecule has 1 fully saturated rings. The summed E-state index contributed by atoms with van der Waals surface area (Å²) in [6.45, 7) is 1.03. The van der Waals surface area contributed by atoms with Gasteiger partial charge in [0.1, 0.15) is 0 Å². The van der Waals surface area contributed by atoms with Gasteiger partial charge in [0.2, 0.25) is 0 Å². The molecule has 1 aliphatic rings. The Hall–Kier alpha value is -2.84. The highest BCUT2D eigenvalue weighted by molar-refractivity contribution is 5.74. The number of amides is 2. The molecule has 1 heterocycles. The van der Waals surface area contributed by atoms with E-state index in [0.717, 1.165) is 24.0 Å². The molecule has 1 saturated heterocycles. The number of urea groups is 1. The molecule has 3 rings (SSSR count). The molecule has 0 radical (unpaired) electrons. The van der Waals surface area contributed by atoms with Crippen LogP contribution in [0.25, 0.3) is 0 Å². The number of carbonyl (C=O) groups excluding carboxylic acids is 1. The third-order valence-corrected chi connectivity index (χ3v) is 4.30. The van der Waals surface area contributed by atoms with Crippen molar-refractivity contribution < 1.29 is 9.53 Å². The maximum atomic E-state index is 12.2. The summed E-state index contributed by atoms with van der Waals surface area (Å²) >= 11 is 0. The maximum absolute atomic E-state index is 12.2. The number of carbonyl (C=O) groups is 1. The van der Waals surface area contributed by atoms with Gasteiger partial charge < -0.3 is 15.4 Å². The van der Waals surface area contributed by atoms with Crippen molar-refractivity contribution in [3.8, 4) is 6.07 Å². The Morgan fingerprint density at radius 2 is 2.04 bits per heavy atom. The highest BCUT2D eigenvalue weighted by Crippen LogP contribution is 2.27. The van der Waals surface area contributed by atoms with E-state index in [2.05, 4.69) is 28.8 Å². The molecule has 0 aromatic heterocycles. The molecule has 0 unspecified atom stereocenters. The lowest BCUT2D eigenvalue weighted by atomic mass is 9.97. The molecule has 5 nitrogen and oxygen atoms in total. The topological polar surface area (TPSA) is 74.2 Å². The van der Waals surface area contributed by atoms with Gasteiger partial charge in [-0.2, -0.15) is 5.26 Å². The van der Waals surface area contributed by atoms with E-state index in [1.165, 1.54) is 0 Å². The van der Waals surface area contributed by atoms with Crippen LogP contribution in [0.4, 0.5) is 4.79 Å². The number of ether oxygens (including phenoxy) is 1. The lowest BCUT2D eigenvalue weighted by Gasteiger charge is -2.30. The lowest BCUT2D eigenvalue weighted by Crippen LogP contribution is -2.44. The van der Waals surface area contributed by atoms with Gasteiger partial charge in [0.05, 0.1) is 17.7 Å². The third-order valence-electron chi connectivity index (χ3n) is 4.30. The van der Waals surface area contributed by atoms with Gasteiger partial charge in [0.25, 0.3) is 0 Å². The normalized spacial score (nSPS) is 19.6. The Morgan fingerprint density at radius 3 is 2.84 bits per heavy atom. The third kappa shape index (κ3) is 4.82. The van der Waals surface area contributed by atoms with Crippen LogP contribution in [0.15, 0.2) is 54.6 Å². The maximum Gasteiger partial charge on any atom is 0.315 e. The van der Waals surface area contributed by atoms with Crippen LogP contribution in [0.1, 0.15) is 35.6 Å². The van der Waals surface area contributed by atoms with Crippen LogP contribution in [0.5, 0.6) is 0 Å². The van der Waals surface area contributed by atoms with Crippen molar-refractivity contribution in [1.29, 1.82) is 5.26 Å². The standard InChI is InChI=1S/C20H21N3O2/c21-13-15-5-4-6-16(11-15)14-22-20(24)23-18-9-10-25-19(12-18)17-7-2-1-3-8-17/h1-8,11,18-19H,9-10,12,14H2,(H2,22,23,24)/t18-,19+/m1/s1. The summed E-state index contributed by atoms with van der Waals surface area (Å²) in [5, 5.41) is 14.8. The highest BCUT2D eigenvalue weighted by Gasteiger charge is 2.24. The van der Waals surface area contributed by atoms with Crippen LogP contribution in [0, 0.1) is 11.3 Å². The first kappa shape index (κ1) is 17.0. The summed E-state index contributed by atoms with van der Waals surface area (Å²) in [5.74, 6) is 0. The van der Waals surface area contributed by atoms with Crippen LogP contribution in [-0.4, -0.2) is 18.7 Å². The number of hydrogen-bond acceptors (Lipinski definition) is 3. The molecule has 25 heavy (non-hydrogen) atoms. The zero-order chi connectivity index (χ0) is 17.5. The number of nitrogens with zero attached hydrogens (tertiary/aromatic N) is 1. The molecule has 2 atom stereocenters. The predicted molar refractivity (Wildman–Crippen MR) is 94.7 cm³/mol. The molecule has 0 bridgehead atoms. The molecule has 1 aliphatic heterocycles. The summed E-state index contributed by atoms with van der Waals surface area (Å²) < 4.78 is 5.83. The van der Waals surface area contributed by atoms with E-state index in [1.807, 2.05) is 30.3 Å². The van der Waals surface area contributed by atoms with Crippen molar-refractivity contribution in [1.82, 2.24) is 10.6 Å². The zero-order valence-corrected chi connectivity index (χ0v) is 13.9. The van der Waals surface area contributed by atoms with Crippen molar-refractivity contribution in [2.75, 3.05) is 6.61 Å². The molecule has 128 valence electrons. The molecule has 0 aliphatic carbocycles. The van der Waals surface area contributed by atoms with Gasteiger partial charge in [-0.3, -0.25) is 0 Å². The zero-order valence-electron chi connectivity index (χ0n) is 13.9. The van der Waals surface area contributed by atoms with Crippen LogP contribution in [0.2, 0.25) is 0 Å². The van der Waals surface area contributed by atoms with Crippen molar-refractivity contribution in [2.45, 2.75) is 31.5 Å². The monoisotopic (exact) mass is 335 g/mol. The quantitative estimate of drug-likeness (QED) is 0.900. The Balaban J connectivity index is 1.50. The summed E-state index contributed by atoms with van der Waals surface area (Å²) in [6.07, 6.45) is 1.59. The average molecular weight is 335 g/mol. The van der Waals surface area contributed by atoms with Crippen molar-refractivity contribution in [3.05, 3.63) is 71.3 Å². The minimum Gasteiger partial charge on any atom is -0.373 e. The Labute approximate surface area is 147 Å². The van der Waals surface area contributed by atoms with Gasteiger partial charge in [-0.25, -0.2) is 4.79 Å². The predicted octanol–water partition coefficient (Wildman–Crippen LogP) is 3.28. The fourth-order valence-corrected chi connectivity index (χ4v) is 3.00. The van der Waals surface area contributed by atoms with Gasteiger partial charge in [-0.15, -0.1) is 0 Å². The SMILES string of the molecule is N#Cc1cccc(CNC(=O)N[C@@H]2CCO[C@H](c3ccccc3)C2)c1. The molecule has 2 aromatic rings. The second-order valence-corrected chi connectivity index (χ2v) is 6.13. The van der Waals surface area contributed by atoms with Crippen LogP contribution in [-0.2, 0) is 11.3 Å². The number of rotatable bonds is 4. The van der Waals surface area contributed by atoms with Crippen LogP contribution >= 0.6 is 0 Å².